The molecule has 1 heterocycles. The number of hydrogen-bond acceptors (Lipinski definition) is 4. The van der Waals surface area contributed by atoms with E-state index in [1.54, 1.807) is 7.11 Å². The molecule has 1 aliphatic rings. The highest BCUT2D eigenvalue weighted by atomic mass is 127. The van der Waals surface area contributed by atoms with Crippen molar-refractivity contribution in [1.29, 1.82) is 0 Å². The van der Waals surface area contributed by atoms with E-state index in [-0.39, 0.29) is 24.0 Å². The van der Waals surface area contributed by atoms with E-state index in [1.165, 1.54) is 18.5 Å². The molecule has 0 spiro atoms. The third-order valence-electron chi connectivity index (χ3n) is 5.16. The van der Waals surface area contributed by atoms with E-state index in [0.29, 0.717) is 0 Å². The molecular formula is C21H38IN5O. The molecule has 1 N–H and O–H groups in total. The Morgan fingerprint density at radius 3 is 2.39 bits per heavy atom. The van der Waals surface area contributed by atoms with Crippen molar-refractivity contribution >= 4 is 35.6 Å². The minimum atomic E-state index is 0. The van der Waals surface area contributed by atoms with E-state index in [2.05, 4.69) is 51.1 Å². The Hall–Kier alpha value is -1.22. The van der Waals surface area contributed by atoms with Crippen LogP contribution in [0.4, 0.5) is 5.69 Å². The van der Waals surface area contributed by atoms with Gasteiger partial charge < -0.3 is 19.9 Å². The third kappa shape index (κ3) is 8.03. The van der Waals surface area contributed by atoms with Crippen molar-refractivity contribution in [3.63, 3.8) is 0 Å². The monoisotopic (exact) mass is 503 g/mol. The molecule has 0 unspecified atom stereocenters. The number of hydrogen-bond donors (Lipinski definition) is 1. The lowest BCUT2D eigenvalue weighted by Gasteiger charge is -2.36. The molecule has 1 fully saturated rings. The summed E-state index contributed by atoms with van der Waals surface area (Å²) in [6, 6.07) is 8.38. The van der Waals surface area contributed by atoms with Crippen LogP contribution in [0, 0.1) is 0 Å². The fourth-order valence-corrected chi connectivity index (χ4v) is 3.41. The molecule has 0 atom stereocenters. The van der Waals surface area contributed by atoms with Crippen LogP contribution in [0.25, 0.3) is 0 Å². The minimum absolute atomic E-state index is 0. The van der Waals surface area contributed by atoms with Gasteiger partial charge in [-0.1, -0.05) is 13.3 Å². The van der Waals surface area contributed by atoms with Gasteiger partial charge >= 0.3 is 0 Å². The molecule has 0 aliphatic carbocycles. The van der Waals surface area contributed by atoms with E-state index in [1.807, 2.05) is 19.2 Å². The molecule has 2 rings (SSSR count). The van der Waals surface area contributed by atoms with Crippen molar-refractivity contribution in [2.24, 2.45) is 4.99 Å². The number of aliphatic imine (C=N–C) groups is 1. The van der Waals surface area contributed by atoms with Crippen molar-refractivity contribution < 1.29 is 4.74 Å². The number of piperazine rings is 1. The van der Waals surface area contributed by atoms with Crippen molar-refractivity contribution in [2.75, 3.05) is 71.9 Å². The van der Waals surface area contributed by atoms with E-state index < -0.39 is 0 Å². The number of nitrogens with zero attached hydrogens (tertiary/aromatic N) is 4. The molecule has 1 saturated heterocycles. The highest BCUT2D eigenvalue weighted by Gasteiger charge is 2.16. The van der Waals surface area contributed by atoms with Gasteiger partial charge in [-0.3, -0.25) is 9.89 Å². The van der Waals surface area contributed by atoms with Crippen molar-refractivity contribution in [3.8, 4) is 5.75 Å². The third-order valence-corrected chi connectivity index (χ3v) is 5.16. The highest BCUT2D eigenvalue weighted by Crippen LogP contribution is 2.20. The summed E-state index contributed by atoms with van der Waals surface area (Å²) >= 11 is 0. The maximum atomic E-state index is 5.24. The molecule has 1 aromatic rings. The fourth-order valence-electron chi connectivity index (χ4n) is 3.41. The van der Waals surface area contributed by atoms with Crippen LogP contribution in [0.2, 0.25) is 0 Å². The Balaban J connectivity index is 0.00000392. The first kappa shape index (κ1) is 24.8. The van der Waals surface area contributed by atoms with Crippen LogP contribution in [-0.2, 0) is 0 Å². The van der Waals surface area contributed by atoms with E-state index in [4.69, 9.17) is 4.74 Å². The zero-order valence-corrected chi connectivity index (χ0v) is 20.3. The molecule has 0 radical (unpaired) electrons. The summed E-state index contributed by atoms with van der Waals surface area (Å²) in [5, 5.41) is 3.49. The Kier molecular flexibility index (Phi) is 12.3. The number of guanidine groups is 1. The van der Waals surface area contributed by atoms with Gasteiger partial charge in [0.1, 0.15) is 5.75 Å². The lowest BCUT2D eigenvalue weighted by molar-refractivity contribution is 0.255. The number of methoxy groups -OCH3 is 1. The summed E-state index contributed by atoms with van der Waals surface area (Å²) < 4.78 is 5.24. The molecule has 0 bridgehead atoms. The Bertz CT molecular complexity index is 558. The molecule has 1 aromatic carbocycles. The maximum Gasteiger partial charge on any atom is 0.193 e. The SMILES string of the molecule is CCCCN(C)C(=NC)NCCCN1CCN(c2ccc(OC)cc2)CC1.I. The largest absolute Gasteiger partial charge is 0.497 e. The van der Waals surface area contributed by atoms with Crippen LogP contribution in [0.5, 0.6) is 5.75 Å². The van der Waals surface area contributed by atoms with Crippen LogP contribution < -0.4 is 15.0 Å². The molecule has 6 nitrogen and oxygen atoms in total. The number of benzene rings is 1. The first-order chi connectivity index (χ1) is 13.2. The number of anilines is 1. The summed E-state index contributed by atoms with van der Waals surface area (Å²) in [4.78, 5) is 11.6. The van der Waals surface area contributed by atoms with Crippen molar-refractivity contribution in [2.45, 2.75) is 26.2 Å². The van der Waals surface area contributed by atoms with Gasteiger partial charge in [0.05, 0.1) is 7.11 Å². The van der Waals surface area contributed by atoms with Gasteiger partial charge in [-0.05, 0) is 43.7 Å². The smallest absolute Gasteiger partial charge is 0.193 e. The molecule has 7 heteroatoms. The van der Waals surface area contributed by atoms with Crippen LogP contribution >= 0.6 is 24.0 Å². The zero-order valence-electron chi connectivity index (χ0n) is 18.0. The molecular weight excluding hydrogens is 465 g/mol. The quantitative estimate of drug-likeness (QED) is 0.243. The van der Waals surface area contributed by atoms with Crippen LogP contribution in [0.1, 0.15) is 26.2 Å². The first-order valence-electron chi connectivity index (χ1n) is 10.2. The fraction of sp³-hybridized carbons (Fsp3) is 0.667. The van der Waals surface area contributed by atoms with E-state index >= 15 is 0 Å². The molecule has 1 aliphatic heterocycles. The topological polar surface area (TPSA) is 43.3 Å². The predicted molar refractivity (Wildman–Crippen MR) is 131 cm³/mol. The number of rotatable bonds is 9. The Labute approximate surface area is 188 Å². The van der Waals surface area contributed by atoms with Gasteiger partial charge in [0.2, 0.25) is 0 Å². The number of unbranched alkanes of at least 4 members (excludes halogenated alkanes) is 1. The number of ether oxygens (including phenoxy) is 1. The van der Waals surface area contributed by atoms with Gasteiger partial charge in [0.15, 0.2) is 5.96 Å². The summed E-state index contributed by atoms with van der Waals surface area (Å²) in [6.45, 7) is 9.81. The van der Waals surface area contributed by atoms with Gasteiger partial charge in [-0.15, -0.1) is 24.0 Å². The second kappa shape index (κ2) is 13.9. The van der Waals surface area contributed by atoms with E-state index in [0.717, 1.165) is 63.9 Å². The zero-order chi connectivity index (χ0) is 19.5. The lowest BCUT2D eigenvalue weighted by atomic mass is 10.2. The maximum absolute atomic E-state index is 5.24. The summed E-state index contributed by atoms with van der Waals surface area (Å²) in [5.41, 5.74) is 1.29. The average Bonchev–Trinajstić information content (AvgIpc) is 2.72. The van der Waals surface area contributed by atoms with Crippen molar-refractivity contribution in [3.05, 3.63) is 24.3 Å². The predicted octanol–water partition coefficient (Wildman–Crippen LogP) is 3.13. The van der Waals surface area contributed by atoms with Crippen molar-refractivity contribution in [1.82, 2.24) is 15.1 Å². The average molecular weight is 503 g/mol. The summed E-state index contributed by atoms with van der Waals surface area (Å²) in [6.07, 6.45) is 3.56. The van der Waals surface area contributed by atoms with Gasteiger partial charge in [0.25, 0.3) is 0 Å². The summed E-state index contributed by atoms with van der Waals surface area (Å²) in [7, 11) is 5.69. The number of nitrogens with one attached hydrogen (secondary N) is 1. The van der Waals surface area contributed by atoms with Gasteiger partial charge in [-0.25, -0.2) is 0 Å². The minimum Gasteiger partial charge on any atom is -0.497 e. The second-order valence-corrected chi connectivity index (χ2v) is 7.13. The molecule has 0 amide bonds. The van der Waals surface area contributed by atoms with Gasteiger partial charge in [0, 0.05) is 59.1 Å². The standard InChI is InChI=1S/C21H37N5O.HI/c1-5-6-13-24(3)21(22-2)23-12-7-14-25-15-17-26(18-16-25)19-8-10-20(27-4)11-9-19;/h8-11H,5-7,12-18H2,1-4H3,(H,22,23);1H. The first-order valence-corrected chi connectivity index (χ1v) is 10.2. The van der Waals surface area contributed by atoms with E-state index in [9.17, 15) is 0 Å². The highest BCUT2D eigenvalue weighted by molar-refractivity contribution is 14.0. The van der Waals surface area contributed by atoms with Gasteiger partial charge in [-0.2, -0.15) is 0 Å². The molecule has 28 heavy (non-hydrogen) atoms. The second-order valence-electron chi connectivity index (χ2n) is 7.13. The normalized spacial score (nSPS) is 15.1. The van der Waals surface area contributed by atoms with Crippen LogP contribution in [0.15, 0.2) is 29.3 Å². The Morgan fingerprint density at radius 1 is 1.14 bits per heavy atom. The van der Waals surface area contributed by atoms with Crippen LogP contribution in [-0.4, -0.2) is 82.8 Å². The molecule has 0 saturated carbocycles. The summed E-state index contributed by atoms with van der Waals surface area (Å²) in [5.74, 6) is 1.92. The molecule has 0 aromatic heterocycles. The molecule has 160 valence electrons. The number of halogens is 1. The Morgan fingerprint density at radius 2 is 1.82 bits per heavy atom. The lowest BCUT2D eigenvalue weighted by Crippen LogP contribution is -2.47. The van der Waals surface area contributed by atoms with Crippen LogP contribution in [0.3, 0.4) is 0 Å².